The first-order valence-electron chi connectivity index (χ1n) is 8.84. The highest BCUT2D eigenvalue weighted by atomic mass is 35.5. The zero-order valence-corrected chi connectivity index (χ0v) is 17.8. The molecule has 0 spiro atoms. The average molecular weight is 414 g/mol. The fourth-order valence-electron chi connectivity index (χ4n) is 2.62. The van der Waals surface area contributed by atoms with Crippen molar-refractivity contribution >= 4 is 29.7 Å². The maximum Gasteiger partial charge on any atom is 0.271 e. The van der Waals surface area contributed by atoms with Gasteiger partial charge in [-0.3, -0.25) is 4.79 Å². The van der Waals surface area contributed by atoms with E-state index in [1.54, 1.807) is 5.38 Å². The van der Waals surface area contributed by atoms with E-state index in [1.165, 1.54) is 11.3 Å². The number of nitrogens with zero attached hydrogens (tertiary/aromatic N) is 1. The molecular formula is C19H28ClN3O3S. The Balaban J connectivity index is 0.00000364. The van der Waals surface area contributed by atoms with Crippen molar-refractivity contribution in [1.29, 1.82) is 0 Å². The molecule has 150 valence electrons. The van der Waals surface area contributed by atoms with Crippen LogP contribution in [-0.4, -0.2) is 24.1 Å². The van der Waals surface area contributed by atoms with Crippen molar-refractivity contribution in [3.63, 3.8) is 0 Å². The van der Waals surface area contributed by atoms with Crippen LogP contribution in [0.4, 0.5) is 0 Å². The van der Waals surface area contributed by atoms with Gasteiger partial charge in [-0.15, -0.1) is 23.7 Å². The molecule has 0 aliphatic carbocycles. The molecule has 0 aliphatic rings. The number of halogens is 1. The Morgan fingerprint density at radius 3 is 2.44 bits per heavy atom. The molecular weight excluding hydrogens is 386 g/mol. The summed E-state index contributed by atoms with van der Waals surface area (Å²) >= 11 is 1.39. The minimum absolute atomic E-state index is 0. The van der Waals surface area contributed by atoms with Crippen molar-refractivity contribution in [3.05, 3.63) is 39.8 Å². The minimum Gasteiger partial charge on any atom is -0.490 e. The Morgan fingerprint density at radius 2 is 1.89 bits per heavy atom. The van der Waals surface area contributed by atoms with E-state index < -0.39 is 0 Å². The van der Waals surface area contributed by atoms with Gasteiger partial charge in [0.2, 0.25) is 0 Å². The summed E-state index contributed by atoms with van der Waals surface area (Å²) < 4.78 is 11.3. The lowest BCUT2D eigenvalue weighted by Gasteiger charge is -2.24. The summed E-state index contributed by atoms with van der Waals surface area (Å²) in [7, 11) is 0. The van der Waals surface area contributed by atoms with E-state index in [9.17, 15) is 4.79 Å². The van der Waals surface area contributed by atoms with Gasteiger partial charge >= 0.3 is 0 Å². The van der Waals surface area contributed by atoms with Gasteiger partial charge in [-0.25, -0.2) is 4.98 Å². The first-order valence-corrected chi connectivity index (χ1v) is 9.72. The van der Waals surface area contributed by atoms with E-state index in [4.69, 9.17) is 15.2 Å². The lowest BCUT2D eigenvalue weighted by Crippen LogP contribution is -2.32. The Labute approximate surface area is 170 Å². The van der Waals surface area contributed by atoms with Crippen molar-refractivity contribution in [2.24, 2.45) is 11.7 Å². The largest absolute Gasteiger partial charge is 0.490 e. The normalized spacial score (nSPS) is 11.6. The zero-order chi connectivity index (χ0) is 19.1. The number of carbonyl (C=O) groups is 1. The third kappa shape index (κ3) is 6.09. The lowest BCUT2D eigenvalue weighted by molar-refractivity contribution is 0.0921. The molecule has 1 aromatic heterocycles. The minimum atomic E-state index is -0.202. The number of thiazole rings is 1. The smallest absolute Gasteiger partial charge is 0.271 e. The monoisotopic (exact) mass is 413 g/mol. The maximum atomic E-state index is 12.6. The van der Waals surface area contributed by atoms with Gasteiger partial charge in [0.15, 0.2) is 11.5 Å². The van der Waals surface area contributed by atoms with E-state index in [-0.39, 0.29) is 30.3 Å². The highest BCUT2D eigenvalue weighted by Crippen LogP contribution is 2.33. The van der Waals surface area contributed by atoms with Gasteiger partial charge in [0.25, 0.3) is 5.91 Å². The van der Waals surface area contributed by atoms with E-state index in [0.29, 0.717) is 37.0 Å². The second kappa shape index (κ2) is 11.1. The van der Waals surface area contributed by atoms with Gasteiger partial charge in [0, 0.05) is 11.9 Å². The predicted octanol–water partition coefficient (Wildman–Crippen LogP) is 3.95. The van der Waals surface area contributed by atoms with Crippen LogP contribution in [0.1, 0.15) is 54.8 Å². The van der Waals surface area contributed by atoms with E-state index in [0.717, 1.165) is 10.6 Å². The third-order valence-corrected chi connectivity index (χ3v) is 4.71. The van der Waals surface area contributed by atoms with E-state index in [2.05, 4.69) is 24.1 Å². The molecule has 1 atom stereocenters. The molecule has 0 bridgehead atoms. The Hall–Kier alpha value is -1.83. The number of amides is 1. The number of benzene rings is 1. The van der Waals surface area contributed by atoms with Crippen LogP contribution in [0.2, 0.25) is 0 Å². The number of rotatable bonds is 9. The third-order valence-electron chi connectivity index (χ3n) is 3.84. The number of ether oxygens (including phenoxy) is 2. The molecule has 3 N–H and O–H groups in total. The summed E-state index contributed by atoms with van der Waals surface area (Å²) in [5.41, 5.74) is 6.95. The zero-order valence-electron chi connectivity index (χ0n) is 16.2. The summed E-state index contributed by atoms with van der Waals surface area (Å²) in [4.78, 5) is 16.8. The highest BCUT2D eigenvalue weighted by molar-refractivity contribution is 7.09. The molecule has 2 aromatic rings. The molecule has 0 fully saturated rings. The predicted molar refractivity (Wildman–Crippen MR) is 111 cm³/mol. The van der Waals surface area contributed by atoms with Crippen molar-refractivity contribution in [2.75, 3.05) is 13.2 Å². The maximum absolute atomic E-state index is 12.6. The quantitative estimate of drug-likeness (QED) is 0.650. The highest BCUT2D eigenvalue weighted by Gasteiger charge is 2.22. The van der Waals surface area contributed by atoms with Crippen molar-refractivity contribution in [3.8, 4) is 11.5 Å². The van der Waals surface area contributed by atoms with Crippen LogP contribution < -0.4 is 20.5 Å². The molecule has 1 amide bonds. The van der Waals surface area contributed by atoms with Gasteiger partial charge in [-0.1, -0.05) is 19.9 Å². The molecule has 27 heavy (non-hydrogen) atoms. The first kappa shape index (κ1) is 23.2. The molecule has 6 nitrogen and oxygen atoms in total. The molecule has 1 heterocycles. The molecule has 0 aliphatic heterocycles. The molecule has 2 rings (SSSR count). The molecule has 1 aromatic carbocycles. The summed E-state index contributed by atoms with van der Waals surface area (Å²) in [5.74, 6) is 1.38. The second-order valence-electron chi connectivity index (χ2n) is 6.10. The molecule has 0 radical (unpaired) electrons. The molecule has 0 saturated heterocycles. The Bertz CT molecular complexity index is 737. The number of hydrogen-bond donors (Lipinski definition) is 2. The number of nitrogens with two attached hydrogens (primary N) is 1. The van der Waals surface area contributed by atoms with Gasteiger partial charge in [0.1, 0.15) is 10.7 Å². The van der Waals surface area contributed by atoms with Crippen LogP contribution in [0.3, 0.4) is 0 Å². The van der Waals surface area contributed by atoms with Crippen LogP contribution in [-0.2, 0) is 6.54 Å². The SMILES string of the molecule is CCOc1ccc(C(NC(=O)c2csc(CN)n2)C(C)C)cc1OCC.Cl. The standard InChI is InChI=1S/C19H27N3O3S.ClH/c1-5-24-15-8-7-13(9-16(15)25-6-2)18(12(3)4)22-19(23)14-11-26-17(10-20)21-14;/h7-9,11-12,18H,5-6,10,20H2,1-4H3,(H,22,23);1H. The fraction of sp³-hybridized carbons (Fsp3) is 0.474. The van der Waals surface area contributed by atoms with E-state index >= 15 is 0 Å². The first-order chi connectivity index (χ1) is 12.5. The van der Waals surface area contributed by atoms with Crippen molar-refractivity contribution < 1.29 is 14.3 Å². The van der Waals surface area contributed by atoms with Gasteiger partial charge < -0.3 is 20.5 Å². The Morgan fingerprint density at radius 1 is 1.22 bits per heavy atom. The van der Waals surface area contributed by atoms with E-state index in [1.807, 2.05) is 32.0 Å². The Kier molecular flexibility index (Phi) is 9.55. The number of nitrogens with one attached hydrogen (secondary N) is 1. The molecule has 1 unspecified atom stereocenters. The van der Waals surface area contributed by atoms with Crippen molar-refractivity contribution in [1.82, 2.24) is 10.3 Å². The van der Waals surface area contributed by atoms with Crippen LogP contribution in [0.5, 0.6) is 11.5 Å². The van der Waals surface area contributed by atoms with Crippen LogP contribution in [0, 0.1) is 5.92 Å². The van der Waals surface area contributed by atoms with Crippen molar-refractivity contribution in [2.45, 2.75) is 40.3 Å². The summed E-state index contributed by atoms with van der Waals surface area (Å²) in [5, 5.41) is 5.56. The molecule has 8 heteroatoms. The lowest BCUT2D eigenvalue weighted by atomic mass is 9.95. The second-order valence-corrected chi connectivity index (χ2v) is 7.04. The fourth-order valence-corrected chi connectivity index (χ4v) is 3.27. The summed E-state index contributed by atoms with van der Waals surface area (Å²) in [6.07, 6.45) is 0. The number of carbonyl (C=O) groups excluding carboxylic acids is 1. The van der Waals surface area contributed by atoms with Gasteiger partial charge in [-0.05, 0) is 37.5 Å². The topological polar surface area (TPSA) is 86.5 Å². The van der Waals surface area contributed by atoms with Gasteiger partial charge in [0.05, 0.1) is 19.3 Å². The van der Waals surface area contributed by atoms with Crippen LogP contribution >= 0.6 is 23.7 Å². The van der Waals surface area contributed by atoms with Gasteiger partial charge in [-0.2, -0.15) is 0 Å². The number of hydrogen-bond acceptors (Lipinski definition) is 6. The van der Waals surface area contributed by atoms with Crippen LogP contribution in [0.15, 0.2) is 23.6 Å². The van der Waals surface area contributed by atoms with Crippen LogP contribution in [0.25, 0.3) is 0 Å². The number of aromatic nitrogens is 1. The summed E-state index contributed by atoms with van der Waals surface area (Å²) in [6.45, 7) is 9.44. The summed E-state index contributed by atoms with van der Waals surface area (Å²) in [6, 6.07) is 5.62. The average Bonchev–Trinajstić information content (AvgIpc) is 3.10. The molecule has 0 saturated carbocycles.